The molecule has 204 valence electrons. The first-order valence-corrected chi connectivity index (χ1v) is 14.6. The van der Waals surface area contributed by atoms with Gasteiger partial charge in [-0.05, 0) is 41.3 Å². The van der Waals surface area contributed by atoms with Crippen LogP contribution in [-0.4, -0.2) is 21.0 Å². The smallest absolute Gasteiger partial charge is 0.164 e. The monoisotopic (exact) mass is 552 g/mol. The number of allylic oxidation sites excluding steroid dienone is 2. The third-order valence-corrected chi connectivity index (χ3v) is 8.22. The third kappa shape index (κ3) is 4.63. The molecule has 2 heterocycles. The Morgan fingerprint density at radius 2 is 1.07 bits per heavy atom. The first-order chi connectivity index (χ1) is 21.3. The van der Waals surface area contributed by atoms with Gasteiger partial charge in [0.25, 0.3) is 0 Å². The Labute approximate surface area is 251 Å². The van der Waals surface area contributed by atoms with Crippen LogP contribution in [0.4, 0.5) is 11.4 Å². The molecule has 0 spiro atoms. The normalized spacial score (nSPS) is 15.1. The second kappa shape index (κ2) is 10.7. The standard InChI is InChI=1S/C39H28N4/c1-3-12-28(13-4-1)37-40-38(29-14-5-2-6-15-29)42-39(41-37)30-24-22-27(23-25-30)31-16-11-17-32(26-31)43-35-20-9-7-18-33(35)34-19-8-10-21-36(34)43/h1-20,22-26,36H,21H2. The molecule has 8 rings (SSSR count). The van der Waals surface area contributed by atoms with Crippen molar-refractivity contribution >= 4 is 16.9 Å². The quantitative estimate of drug-likeness (QED) is 0.214. The van der Waals surface area contributed by atoms with Crippen LogP contribution in [0.3, 0.4) is 0 Å². The highest BCUT2D eigenvalue weighted by molar-refractivity contribution is 5.93. The molecule has 0 amide bonds. The van der Waals surface area contributed by atoms with Crippen molar-refractivity contribution < 1.29 is 0 Å². The maximum atomic E-state index is 4.89. The molecule has 1 aromatic heterocycles. The molecular weight excluding hydrogens is 524 g/mol. The van der Waals surface area contributed by atoms with E-state index in [2.05, 4.69) is 95.9 Å². The van der Waals surface area contributed by atoms with Crippen LogP contribution in [0.2, 0.25) is 0 Å². The Morgan fingerprint density at radius 3 is 1.74 bits per heavy atom. The molecular formula is C39H28N4. The van der Waals surface area contributed by atoms with Crippen LogP contribution in [-0.2, 0) is 0 Å². The summed E-state index contributed by atoms with van der Waals surface area (Å²) in [7, 11) is 0. The molecule has 43 heavy (non-hydrogen) atoms. The molecule has 1 aliphatic carbocycles. The molecule has 0 fully saturated rings. The van der Waals surface area contributed by atoms with Crippen LogP contribution in [0.1, 0.15) is 12.0 Å². The molecule has 6 aromatic rings. The maximum Gasteiger partial charge on any atom is 0.164 e. The first kappa shape index (κ1) is 25.1. The van der Waals surface area contributed by atoms with Gasteiger partial charge in [-0.2, -0.15) is 0 Å². The van der Waals surface area contributed by atoms with Gasteiger partial charge in [0.05, 0.1) is 6.04 Å². The fourth-order valence-corrected chi connectivity index (χ4v) is 6.13. The van der Waals surface area contributed by atoms with Gasteiger partial charge in [-0.15, -0.1) is 0 Å². The number of aromatic nitrogens is 3. The fourth-order valence-electron chi connectivity index (χ4n) is 6.13. The van der Waals surface area contributed by atoms with E-state index in [0.29, 0.717) is 23.5 Å². The highest BCUT2D eigenvalue weighted by Crippen LogP contribution is 2.47. The van der Waals surface area contributed by atoms with Gasteiger partial charge in [-0.1, -0.05) is 133 Å². The van der Waals surface area contributed by atoms with Crippen LogP contribution in [0.25, 0.3) is 50.9 Å². The molecule has 2 aliphatic rings. The summed E-state index contributed by atoms with van der Waals surface area (Å²) in [5.74, 6) is 1.99. The van der Waals surface area contributed by atoms with Gasteiger partial charge in [-0.25, -0.2) is 15.0 Å². The van der Waals surface area contributed by atoms with Crippen molar-refractivity contribution in [3.63, 3.8) is 0 Å². The van der Waals surface area contributed by atoms with Crippen molar-refractivity contribution in [2.24, 2.45) is 0 Å². The average molecular weight is 553 g/mol. The number of para-hydroxylation sites is 1. The molecule has 1 unspecified atom stereocenters. The van der Waals surface area contributed by atoms with E-state index in [1.807, 2.05) is 60.7 Å². The van der Waals surface area contributed by atoms with Crippen molar-refractivity contribution in [1.29, 1.82) is 0 Å². The van der Waals surface area contributed by atoms with Gasteiger partial charge < -0.3 is 4.90 Å². The predicted octanol–water partition coefficient (Wildman–Crippen LogP) is 9.40. The zero-order valence-electron chi connectivity index (χ0n) is 23.5. The van der Waals surface area contributed by atoms with E-state index >= 15 is 0 Å². The largest absolute Gasteiger partial charge is 0.333 e. The molecule has 0 radical (unpaired) electrons. The summed E-state index contributed by atoms with van der Waals surface area (Å²) in [5.41, 5.74) is 10.4. The molecule has 4 nitrogen and oxygen atoms in total. The second-order valence-corrected chi connectivity index (χ2v) is 10.9. The summed E-state index contributed by atoms with van der Waals surface area (Å²) >= 11 is 0. The predicted molar refractivity (Wildman–Crippen MR) is 176 cm³/mol. The fraction of sp³-hybridized carbons (Fsp3) is 0.0513. The molecule has 5 aromatic carbocycles. The second-order valence-electron chi connectivity index (χ2n) is 10.9. The lowest BCUT2D eigenvalue weighted by atomic mass is 9.96. The average Bonchev–Trinajstić information content (AvgIpc) is 3.43. The van der Waals surface area contributed by atoms with Crippen LogP contribution >= 0.6 is 0 Å². The third-order valence-electron chi connectivity index (χ3n) is 8.22. The van der Waals surface area contributed by atoms with Gasteiger partial charge in [0.1, 0.15) is 0 Å². The van der Waals surface area contributed by atoms with Crippen LogP contribution in [0.15, 0.2) is 152 Å². The lowest BCUT2D eigenvalue weighted by Crippen LogP contribution is -2.27. The van der Waals surface area contributed by atoms with Gasteiger partial charge in [-0.3, -0.25) is 0 Å². The summed E-state index contributed by atoms with van der Waals surface area (Å²) in [6.45, 7) is 0. The van der Waals surface area contributed by atoms with Crippen molar-refractivity contribution in [2.75, 3.05) is 4.90 Å². The van der Waals surface area contributed by atoms with Crippen molar-refractivity contribution in [3.05, 3.63) is 157 Å². The number of fused-ring (bicyclic) bond motifs is 3. The van der Waals surface area contributed by atoms with Crippen LogP contribution in [0, 0.1) is 0 Å². The zero-order valence-corrected chi connectivity index (χ0v) is 23.5. The minimum Gasteiger partial charge on any atom is -0.333 e. The number of nitrogens with zero attached hydrogens (tertiary/aromatic N) is 4. The molecule has 1 aliphatic heterocycles. The van der Waals surface area contributed by atoms with E-state index in [1.165, 1.54) is 28.1 Å². The van der Waals surface area contributed by atoms with E-state index in [-0.39, 0.29) is 0 Å². The van der Waals surface area contributed by atoms with Gasteiger partial charge in [0.15, 0.2) is 17.5 Å². The molecule has 0 bridgehead atoms. The summed E-state index contributed by atoms with van der Waals surface area (Å²) in [6.07, 6.45) is 7.72. The van der Waals surface area contributed by atoms with Crippen molar-refractivity contribution in [1.82, 2.24) is 15.0 Å². The lowest BCUT2D eigenvalue weighted by molar-refractivity contribution is 0.829. The Bertz CT molecular complexity index is 1940. The SMILES string of the molecule is C1=CCC2C(=C1)c1ccccc1N2c1cccc(-c2ccc(-c3nc(-c4ccccc4)nc(-c4ccccc4)n3)cc2)c1. The molecule has 0 saturated carbocycles. The van der Waals surface area contributed by atoms with Gasteiger partial charge in [0.2, 0.25) is 0 Å². The van der Waals surface area contributed by atoms with E-state index in [0.717, 1.165) is 28.7 Å². The van der Waals surface area contributed by atoms with Crippen LogP contribution in [0.5, 0.6) is 0 Å². The topological polar surface area (TPSA) is 41.9 Å². The van der Waals surface area contributed by atoms with E-state index in [9.17, 15) is 0 Å². The minimum atomic E-state index is 0.321. The number of hydrogen-bond donors (Lipinski definition) is 0. The summed E-state index contributed by atoms with van der Waals surface area (Å²) in [5, 5.41) is 0. The Hall–Kier alpha value is -5.61. The van der Waals surface area contributed by atoms with Crippen LogP contribution < -0.4 is 4.90 Å². The molecule has 0 N–H and O–H groups in total. The number of benzene rings is 5. The lowest BCUT2D eigenvalue weighted by Gasteiger charge is -2.29. The number of anilines is 2. The highest BCUT2D eigenvalue weighted by Gasteiger charge is 2.34. The van der Waals surface area contributed by atoms with E-state index < -0.39 is 0 Å². The first-order valence-electron chi connectivity index (χ1n) is 14.6. The van der Waals surface area contributed by atoms with Gasteiger partial charge >= 0.3 is 0 Å². The Morgan fingerprint density at radius 1 is 0.512 bits per heavy atom. The minimum absolute atomic E-state index is 0.321. The summed E-state index contributed by atoms with van der Waals surface area (Å²) in [4.78, 5) is 17.1. The Balaban J connectivity index is 1.15. The summed E-state index contributed by atoms with van der Waals surface area (Å²) in [6, 6.07) is 46.6. The van der Waals surface area contributed by atoms with Gasteiger partial charge in [0, 0.05) is 33.6 Å². The maximum absolute atomic E-state index is 4.89. The Kier molecular flexibility index (Phi) is 6.23. The number of hydrogen-bond acceptors (Lipinski definition) is 4. The highest BCUT2D eigenvalue weighted by atomic mass is 15.2. The van der Waals surface area contributed by atoms with E-state index in [4.69, 9.17) is 15.0 Å². The molecule has 1 atom stereocenters. The van der Waals surface area contributed by atoms with Crippen molar-refractivity contribution in [3.8, 4) is 45.3 Å². The molecule has 0 saturated heterocycles. The zero-order chi connectivity index (χ0) is 28.6. The van der Waals surface area contributed by atoms with Crippen molar-refractivity contribution in [2.45, 2.75) is 12.5 Å². The summed E-state index contributed by atoms with van der Waals surface area (Å²) < 4.78 is 0. The number of rotatable bonds is 5. The van der Waals surface area contributed by atoms with E-state index in [1.54, 1.807) is 0 Å². The molecule has 4 heteroatoms.